The van der Waals surface area contributed by atoms with Crippen molar-refractivity contribution in [1.29, 1.82) is 0 Å². The monoisotopic (exact) mass is 502 g/mol. The zero-order valence-electron chi connectivity index (χ0n) is 17.0. The Balaban J connectivity index is 0.00000392. The van der Waals surface area contributed by atoms with Gasteiger partial charge in [0.25, 0.3) is 0 Å². The first kappa shape index (κ1) is 24.1. The molecule has 1 aromatic heterocycles. The van der Waals surface area contributed by atoms with Gasteiger partial charge in [0.2, 0.25) is 0 Å². The van der Waals surface area contributed by atoms with Gasteiger partial charge in [-0.1, -0.05) is 25.1 Å². The van der Waals surface area contributed by atoms with Crippen LogP contribution in [0.5, 0.6) is 11.5 Å². The summed E-state index contributed by atoms with van der Waals surface area (Å²) in [5, 5.41) is 10.6. The Morgan fingerprint density at radius 3 is 2.68 bits per heavy atom. The van der Waals surface area contributed by atoms with Gasteiger partial charge in [-0.05, 0) is 31.4 Å². The summed E-state index contributed by atoms with van der Waals surface area (Å²) in [6.45, 7) is 8.82. The van der Waals surface area contributed by atoms with Crippen LogP contribution in [0.2, 0.25) is 0 Å². The molecule has 0 aliphatic carbocycles. The minimum Gasteiger partial charge on any atom is -0.497 e. The highest BCUT2D eigenvalue weighted by atomic mass is 127. The average Bonchev–Trinajstić information content (AvgIpc) is 3.15. The number of ether oxygens (including phenoxy) is 2. The topological polar surface area (TPSA) is 80.9 Å². The number of nitrogens with one attached hydrogen (secondary N) is 2. The molecule has 0 fully saturated rings. The van der Waals surface area contributed by atoms with E-state index in [9.17, 15) is 0 Å². The first-order valence-electron chi connectivity index (χ1n) is 9.37. The molecule has 0 amide bonds. The summed E-state index contributed by atoms with van der Waals surface area (Å²) in [4.78, 5) is 4.54. The molecule has 1 aromatic carbocycles. The van der Waals surface area contributed by atoms with Gasteiger partial charge in [-0.2, -0.15) is 0 Å². The van der Waals surface area contributed by atoms with Crippen molar-refractivity contribution >= 4 is 29.9 Å². The van der Waals surface area contributed by atoms with Crippen molar-refractivity contribution in [2.24, 2.45) is 4.99 Å². The molecular formula is C20H31IN4O3. The van der Waals surface area contributed by atoms with E-state index in [0.29, 0.717) is 19.1 Å². The van der Waals surface area contributed by atoms with Crippen LogP contribution in [0.1, 0.15) is 44.6 Å². The zero-order chi connectivity index (χ0) is 19.5. The third-order valence-corrected chi connectivity index (χ3v) is 3.83. The quantitative estimate of drug-likeness (QED) is 0.222. The molecule has 2 rings (SSSR count). The normalized spacial score (nSPS) is 11.1. The molecule has 0 unspecified atom stereocenters. The van der Waals surface area contributed by atoms with E-state index >= 15 is 0 Å². The van der Waals surface area contributed by atoms with Crippen LogP contribution in [-0.4, -0.2) is 37.9 Å². The summed E-state index contributed by atoms with van der Waals surface area (Å²) in [7, 11) is 1.65. The molecule has 2 aromatic rings. The lowest BCUT2D eigenvalue weighted by molar-refractivity contribution is 0.308. The first-order valence-corrected chi connectivity index (χ1v) is 9.37. The number of rotatable bonds is 10. The molecule has 1 heterocycles. The van der Waals surface area contributed by atoms with Gasteiger partial charge in [-0.25, -0.2) is 4.99 Å². The Morgan fingerprint density at radius 2 is 2.00 bits per heavy atom. The summed E-state index contributed by atoms with van der Waals surface area (Å²) in [5.74, 6) is 3.46. The number of methoxy groups -OCH3 is 1. The lowest BCUT2D eigenvalue weighted by Gasteiger charge is -2.11. The second kappa shape index (κ2) is 13.2. The number of guanidine groups is 1. The van der Waals surface area contributed by atoms with Crippen molar-refractivity contribution in [3.05, 3.63) is 41.8 Å². The van der Waals surface area contributed by atoms with Crippen LogP contribution < -0.4 is 20.1 Å². The Kier molecular flexibility index (Phi) is 11.4. The molecule has 28 heavy (non-hydrogen) atoms. The van der Waals surface area contributed by atoms with Crippen LogP contribution in [0, 0.1) is 0 Å². The zero-order valence-corrected chi connectivity index (χ0v) is 19.4. The minimum absolute atomic E-state index is 0. The molecule has 0 saturated heterocycles. The van der Waals surface area contributed by atoms with Gasteiger partial charge in [0, 0.05) is 25.2 Å². The number of benzene rings is 1. The maximum atomic E-state index is 5.74. The van der Waals surface area contributed by atoms with Crippen LogP contribution in [-0.2, 0) is 6.54 Å². The van der Waals surface area contributed by atoms with Crippen molar-refractivity contribution < 1.29 is 14.0 Å². The van der Waals surface area contributed by atoms with Crippen LogP contribution in [0.3, 0.4) is 0 Å². The lowest BCUT2D eigenvalue weighted by Crippen LogP contribution is -2.38. The minimum atomic E-state index is 0. The van der Waals surface area contributed by atoms with E-state index in [4.69, 9.17) is 14.0 Å². The first-order chi connectivity index (χ1) is 13.1. The SMILES string of the molecule is CCNC(=NCc1cc(C(C)C)no1)NCCCOc1cccc(OC)c1.I. The largest absolute Gasteiger partial charge is 0.497 e. The Labute approximate surface area is 184 Å². The molecule has 0 atom stereocenters. The van der Waals surface area contributed by atoms with Crippen LogP contribution in [0.15, 0.2) is 39.8 Å². The molecule has 0 spiro atoms. The molecular weight excluding hydrogens is 471 g/mol. The van der Waals surface area contributed by atoms with Crippen molar-refractivity contribution in [3.63, 3.8) is 0 Å². The third kappa shape index (κ3) is 8.37. The van der Waals surface area contributed by atoms with Gasteiger partial charge in [0.05, 0.1) is 19.4 Å². The van der Waals surface area contributed by atoms with E-state index in [-0.39, 0.29) is 24.0 Å². The fraction of sp³-hybridized carbons (Fsp3) is 0.500. The van der Waals surface area contributed by atoms with Gasteiger partial charge >= 0.3 is 0 Å². The fourth-order valence-electron chi connectivity index (χ4n) is 2.33. The standard InChI is InChI=1S/C20H30N4O3.HI/c1-5-21-20(23-14-18-13-19(15(2)3)24-27-18)22-10-7-11-26-17-9-6-8-16(12-17)25-4;/h6,8-9,12-13,15H,5,7,10-11,14H2,1-4H3,(H2,21,22,23);1H. The van der Waals surface area contributed by atoms with Crippen LogP contribution in [0.25, 0.3) is 0 Å². The Bertz CT molecular complexity index is 719. The van der Waals surface area contributed by atoms with E-state index in [2.05, 4.69) is 34.6 Å². The molecule has 0 aliphatic heterocycles. The summed E-state index contributed by atoms with van der Waals surface area (Å²) >= 11 is 0. The summed E-state index contributed by atoms with van der Waals surface area (Å²) in [6.07, 6.45) is 0.849. The van der Waals surface area contributed by atoms with Crippen molar-refractivity contribution in [3.8, 4) is 11.5 Å². The van der Waals surface area contributed by atoms with Crippen molar-refractivity contribution in [2.45, 2.75) is 39.7 Å². The molecule has 8 heteroatoms. The maximum absolute atomic E-state index is 5.74. The second-order valence-corrected chi connectivity index (χ2v) is 6.38. The molecule has 2 N–H and O–H groups in total. The fourth-order valence-corrected chi connectivity index (χ4v) is 2.33. The highest BCUT2D eigenvalue weighted by Gasteiger charge is 2.07. The Hall–Kier alpha value is -1.97. The molecule has 0 radical (unpaired) electrons. The van der Waals surface area contributed by atoms with Gasteiger partial charge in [0.15, 0.2) is 11.7 Å². The van der Waals surface area contributed by atoms with Crippen molar-refractivity contribution in [2.75, 3.05) is 26.8 Å². The lowest BCUT2D eigenvalue weighted by atomic mass is 10.1. The molecule has 0 bridgehead atoms. The summed E-state index contributed by atoms with van der Waals surface area (Å²) < 4.78 is 16.3. The smallest absolute Gasteiger partial charge is 0.191 e. The predicted molar refractivity (Wildman–Crippen MR) is 122 cm³/mol. The summed E-state index contributed by atoms with van der Waals surface area (Å²) in [5.41, 5.74) is 0.952. The Morgan fingerprint density at radius 1 is 1.21 bits per heavy atom. The van der Waals surface area contributed by atoms with E-state index < -0.39 is 0 Å². The van der Waals surface area contributed by atoms with Crippen molar-refractivity contribution in [1.82, 2.24) is 15.8 Å². The van der Waals surface area contributed by atoms with E-state index in [0.717, 1.165) is 48.4 Å². The highest BCUT2D eigenvalue weighted by molar-refractivity contribution is 14.0. The molecule has 156 valence electrons. The second-order valence-electron chi connectivity index (χ2n) is 6.38. The highest BCUT2D eigenvalue weighted by Crippen LogP contribution is 2.18. The predicted octanol–water partition coefficient (Wildman–Crippen LogP) is 3.95. The van der Waals surface area contributed by atoms with Gasteiger partial charge in [-0.3, -0.25) is 0 Å². The van der Waals surface area contributed by atoms with Gasteiger partial charge in [0.1, 0.15) is 18.0 Å². The number of hydrogen-bond donors (Lipinski definition) is 2. The number of nitrogens with zero attached hydrogens (tertiary/aromatic N) is 2. The maximum Gasteiger partial charge on any atom is 0.191 e. The van der Waals surface area contributed by atoms with E-state index in [1.165, 1.54) is 0 Å². The van der Waals surface area contributed by atoms with Crippen LogP contribution >= 0.6 is 24.0 Å². The molecule has 0 aliphatic rings. The van der Waals surface area contributed by atoms with E-state index in [1.807, 2.05) is 37.3 Å². The average molecular weight is 502 g/mol. The third-order valence-electron chi connectivity index (χ3n) is 3.83. The molecule has 7 nitrogen and oxygen atoms in total. The van der Waals surface area contributed by atoms with Gasteiger partial charge in [-0.15, -0.1) is 24.0 Å². The van der Waals surface area contributed by atoms with E-state index in [1.54, 1.807) is 7.11 Å². The van der Waals surface area contributed by atoms with Crippen LogP contribution in [0.4, 0.5) is 0 Å². The number of hydrogen-bond acceptors (Lipinski definition) is 5. The number of aromatic nitrogens is 1. The van der Waals surface area contributed by atoms with Gasteiger partial charge < -0.3 is 24.6 Å². The molecule has 0 saturated carbocycles. The number of aliphatic imine (C=N–C) groups is 1. The summed E-state index contributed by atoms with van der Waals surface area (Å²) in [6, 6.07) is 9.56. The number of halogens is 1.